The molecular weight excluding hydrogens is 383 g/mol. The lowest BCUT2D eigenvalue weighted by molar-refractivity contribution is -0.384. The Morgan fingerprint density at radius 3 is 2.33 bits per heavy atom. The van der Waals surface area contributed by atoms with Crippen LogP contribution in [0.5, 0.6) is 11.5 Å². The number of rotatable bonds is 4. The Morgan fingerprint density at radius 2 is 1.67 bits per heavy atom. The topological polar surface area (TPSA) is 52.4 Å². The van der Waals surface area contributed by atoms with Crippen molar-refractivity contribution < 1.29 is 22.8 Å². The maximum Gasteiger partial charge on any atom is 0.416 e. The number of non-ortho nitro benzene ring substituents is 1. The van der Waals surface area contributed by atoms with E-state index in [1.54, 1.807) is 24.3 Å². The van der Waals surface area contributed by atoms with E-state index in [4.69, 9.17) is 16.3 Å². The van der Waals surface area contributed by atoms with Crippen molar-refractivity contribution >= 4 is 17.3 Å². The van der Waals surface area contributed by atoms with E-state index >= 15 is 0 Å². The molecule has 0 amide bonds. The summed E-state index contributed by atoms with van der Waals surface area (Å²) in [4.78, 5) is 10.3. The summed E-state index contributed by atoms with van der Waals surface area (Å²) in [6, 6.07) is 15.2. The molecule has 138 valence electrons. The van der Waals surface area contributed by atoms with Crippen LogP contribution in [0.15, 0.2) is 66.7 Å². The van der Waals surface area contributed by atoms with Crippen LogP contribution >= 0.6 is 11.6 Å². The summed E-state index contributed by atoms with van der Waals surface area (Å²) in [6.45, 7) is 0. The maximum atomic E-state index is 12.8. The molecule has 0 spiro atoms. The summed E-state index contributed by atoms with van der Waals surface area (Å²) in [5.74, 6) is 0.527. The van der Waals surface area contributed by atoms with Gasteiger partial charge in [0.1, 0.15) is 11.5 Å². The zero-order valence-corrected chi connectivity index (χ0v) is 14.3. The Balaban J connectivity index is 2.00. The minimum Gasteiger partial charge on any atom is -0.456 e. The van der Waals surface area contributed by atoms with Gasteiger partial charge in [0.05, 0.1) is 16.6 Å². The van der Waals surface area contributed by atoms with E-state index in [0.717, 1.165) is 12.1 Å². The zero-order valence-electron chi connectivity index (χ0n) is 13.5. The van der Waals surface area contributed by atoms with Gasteiger partial charge in [-0.1, -0.05) is 41.9 Å². The lowest BCUT2D eigenvalue weighted by atomic mass is 10.0. The third-order valence-corrected chi connectivity index (χ3v) is 4.04. The van der Waals surface area contributed by atoms with Crippen LogP contribution in [0, 0.1) is 10.1 Å². The highest BCUT2D eigenvalue weighted by Gasteiger charge is 2.31. The first-order valence-electron chi connectivity index (χ1n) is 7.64. The number of halogens is 4. The maximum absolute atomic E-state index is 12.8. The molecule has 3 rings (SSSR count). The van der Waals surface area contributed by atoms with Crippen LogP contribution in [0.3, 0.4) is 0 Å². The molecule has 0 aliphatic carbocycles. The third kappa shape index (κ3) is 4.20. The summed E-state index contributed by atoms with van der Waals surface area (Å²) in [5, 5.41) is 10.8. The molecule has 0 saturated carbocycles. The molecule has 0 radical (unpaired) electrons. The standard InChI is InChI=1S/C19H11ClF3NO3/c20-17-10-12(19(21,22)23)8-9-15(17)16-6-1-2-7-18(16)27-14-5-3-4-13(11-14)24(25)26/h1-11H. The molecule has 3 aromatic rings. The molecule has 0 aromatic heterocycles. The van der Waals surface area contributed by atoms with Gasteiger partial charge in [0.2, 0.25) is 0 Å². The highest BCUT2D eigenvalue weighted by molar-refractivity contribution is 6.33. The predicted octanol–water partition coefficient (Wildman–Crippen LogP) is 6.73. The Bertz CT molecular complexity index is 1010. The molecule has 0 heterocycles. The van der Waals surface area contributed by atoms with Crippen molar-refractivity contribution in [3.05, 3.63) is 87.4 Å². The highest BCUT2D eigenvalue weighted by Crippen LogP contribution is 2.40. The monoisotopic (exact) mass is 393 g/mol. The quantitative estimate of drug-likeness (QED) is 0.365. The first kappa shape index (κ1) is 18.7. The average Bonchev–Trinajstić information content (AvgIpc) is 2.62. The predicted molar refractivity (Wildman–Crippen MR) is 95.1 cm³/mol. The van der Waals surface area contributed by atoms with Crippen molar-refractivity contribution in [2.45, 2.75) is 6.18 Å². The van der Waals surface area contributed by atoms with Gasteiger partial charge in [-0.05, 0) is 24.3 Å². The van der Waals surface area contributed by atoms with E-state index < -0.39 is 16.7 Å². The molecule has 0 bridgehead atoms. The number of ether oxygens (including phenoxy) is 1. The van der Waals surface area contributed by atoms with Crippen molar-refractivity contribution in [2.24, 2.45) is 0 Å². The fourth-order valence-electron chi connectivity index (χ4n) is 2.48. The molecule has 0 saturated heterocycles. The van der Waals surface area contributed by atoms with E-state index in [0.29, 0.717) is 16.9 Å². The van der Waals surface area contributed by atoms with Gasteiger partial charge >= 0.3 is 6.18 Å². The van der Waals surface area contributed by atoms with E-state index in [2.05, 4.69) is 0 Å². The minimum absolute atomic E-state index is 0.0834. The lowest BCUT2D eigenvalue weighted by Crippen LogP contribution is -2.04. The van der Waals surface area contributed by atoms with Crippen LogP contribution in [0.1, 0.15) is 5.56 Å². The summed E-state index contributed by atoms with van der Waals surface area (Å²) in [5.41, 5.74) is -0.181. The van der Waals surface area contributed by atoms with Crippen molar-refractivity contribution in [2.75, 3.05) is 0 Å². The van der Waals surface area contributed by atoms with Gasteiger partial charge in [0, 0.05) is 22.2 Å². The molecule has 0 aliphatic rings. The van der Waals surface area contributed by atoms with Crippen LogP contribution in [0.4, 0.5) is 18.9 Å². The molecule has 0 fully saturated rings. The molecule has 4 nitrogen and oxygen atoms in total. The average molecular weight is 394 g/mol. The van der Waals surface area contributed by atoms with Crippen molar-refractivity contribution in [1.29, 1.82) is 0 Å². The van der Waals surface area contributed by atoms with Crippen LogP contribution in [0.25, 0.3) is 11.1 Å². The van der Waals surface area contributed by atoms with Gasteiger partial charge < -0.3 is 4.74 Å². The molecule has 0 unspecified atom stereocenters. The van der Waals surface area contributed by atoms with Gasteiger partial charge in [0.15, 0.2) is 0 Å². The van der Waals surface area contributed by atoms with Crippen LogP contribution in [-0.4, -0.2) is 4.92 Å². The second-order valence-electron chi connectivity index (χ2n) is 5.55. The molecule has 0 aliphatic heterocycles. The second kappa shape index (κ2) is 7.28. The van der Waals surface area contributed by atoms with Gasteiger partial charge in [0.25, 0.3) is 5.69 Å². The molecule has 3 aromatic carbocycles. The highest BCUT2D eigenvalue weighted by atomic mass is 35.5. The van der Waals surface area contributed by atoms with Crippen LogP contribution in [0.2, 0.25) is 5.02 Å². The van der Waals surface area contributed by atoms with Crippen molar-refractivity contribution in [1.82, 2.24) is 0 Å². The number of nitrogens with zero attached hydrogens (tertiary/aromatic N) is 1. The minimum atomic E-state index is -4.50. The first-order chi connectivity index (χ1) is 12.8. The third-order valence-electron chi connectivity index (χ3n) is 3.73. The normalized spacial score (nSPS) is 11.3. The first-order valence-corrected chi connectivity index (χ1v) is 8.02. The molecule has 8 heteroatoms. The number of alkyl halides is 3. The van der Waals surface area contributed by atoms with Crippen LogP contribution < -0.4 is 4.74 Å². The molecule has 27 heavy (non-hydrogen) atoms. The Labute approximate surface area is 156 Å². The van der Waals surface area contributed by atoms with Crippen LogP contribution in [-0.2, 0) is 6.18 Å². The number of hydrogen-bond donors (Lipinski definition) is 0. The number of nitro groups is 1. The van der Waals surface area contributed by atoms with E-state index in [1.165, 1.54) is 30.3 Å². The summed E-state index contributed by atoms with van der Waals surface area (Å²) in [7, 11) is 0. The van der Waals surface area contributed by atoms with Gasteiger partial charge in [-0.3, -0.25) is 10.1 Å². The fraction of sp³-hybridized carbons (Fsp3) is 0.0526. The van der Waals surface area contributed by atoms with Gasteiger partial charge in [-0.25, -0.2) is 0 Å². The zero-order chi connectivity index (χ0) is 19.6. The summed E-state index contributed by atoms with van der Waals surface area (Å²) < 4.78 is 44.2. The molecule has 0 N–H and O–H groups in total. The van der Waals surface area contributed by atoms with Crippen molar-refractivity contribution in [3.63, 3.8) is 0 Å². The number of nitro benzene ring substituents is 1. The molecular formula is C19H11ClF3NO3. The number of para-hydroxylation sites is 1. The Hall–Kier alpha value is -3.06. The number of benzene rings is 3. The van der Waals surface area contributed by atoms with Gasteiger partial charge in [-0.2, -0.15) is 13.2 Å². The lowest BCUT2D eigenvalue weighted by Gasteiger charge is -2.14. The number of hydrogen-bond acceptors (Lipinski definition) is 3. The van der Waals surface area contributed by atoms with E-state index in [-0.39, 0.29) is 16.5 Å². The van der Waals surface area contributed by atoms with Crippen molar-refractivity contribution in [3.8, 4) is 22.6 Å². The SMILES string of the molecule is O=[N+]([O-])c1cccc(Oc2ccccc2-c2ccc(C(F)(F)F)cc2Cl)c1. The van der Waals surface area contributed by atoms with E-state index in [9.17, 15) is 23.3 Å². The Morgan fingerprint density at radius 1 is 0.926 bits per heavy atom. The summed E-state index contributed by atoms with van der Waals surface area (Å²) in [6.07, 6.45) is -4.50. The van der Waals surface area contributed by atoms with Gasteiger partial charge in [-0.15, -0.1) is 0 Å². The van der Waals surface area contributed by atoms with E-state index in [1.807, 2.05) is 0 Å². The largest absolute Gasteiger partial charge is 0.456 e. The smallest absolute Gasteiger partial charge is 0.416 e. The second-order valence-corrected chi connectivity index (χ2v) is 5.95. The summed E-state index contributed by atoms with van der Waals surface area (Å²) >= 11 is 6.07. The Kier molecular flexibility index (Phi) is 5.05. The fourth-order valence-corrected chi connectivity index (χ4v) is 2.76. The molecule has 0 atom stereocenters.